The number of aromatic nitrogens is 1. The summed E-state index contributed by atoms with van der Waals surface area (Å²) in [7, 11) is 1.62. The highest BCUT2D eigenvalue weighted by Gasteiger charge is 2.20. The predicted octanol–water partition coefficient (Wildman–Crippen LogP) is 1.64. The molecule has 0 aromatic carbocycles. The Kier molecular flexibility index (Phi) is 7.70. The molecule has 8 heteroatoms. The number of nitrogens with one attached hydrogen (secondary N) is 3. The van der Waals surface area contributed by atoms with Crippen molar-refractivity contribution in [1.82, 2.24) is 15.7 Å². The van der Waals surface area contributed by atoms with Gasteiger partial charge in [-0.25, -0.2) is 4.79 Å². The van der Waals surface area contributed by atoms with Crippen LogP contribution < -0.4 is 10.7 Å². The molecule has 0 aliphatic carbocycles. The lowest BCUT2D eigenvalue weighted by atomic mass is 10.1. The molecule has 128 valence electrons. The van der Waals surface area contributed by atoms with Gasteiger partial charge in [0.2, 0.25) is 0 Å². The Bertz CT molecular complexity index is 596. The summed E-state index contributed by atoms with van der Waals surface area (Å²) in [5, 5.41) is 7.60. The smallest absolute Gasteiger partial charge is 0.340 e. The van der Waals surface area contributed by atoms with Crippen molar-refractivity contribution in [3.8, 4) is 0 Å². The molecule has 0 spiro atoms. The maximum atomic E-state index is 12.0. The van der Waals surface area contributed by atoms with E-state index in [-0.39, 0.29) is 5.97 Å². The summed E-state index contributed by atoms with van der Waals surface area (Å²) < 4.78 is 10.0. The van der Waals surface area contributed by atoms with Gasteiger partial charge < -0.3 is 19.8 Å². The average Bonchev–Trinajstić information content (AvgIpc) is 2.80. The van der Waals surface area contributed by atoms with E-state index >= 15 is 0 Å². The highest BCUT2D eigenvalue weighted by molar-refractivity contribution is 7.80. The summed E-state index contributed by atoms with van der Waals surface area (Å²) >= 11 is 5.11. The lowest BCUT2D eigenvalue weighted by molar-refractivity contribution is 0.0525. The van der Waals surface area contributed by atoms with Crippen LogP contribution in [0, 0.1) is 13.8 Å². The van der Waals surface area contributed by atoms with Crippen molar-refractivity contribution in [3.05, 3.63) is 22.5 Å². The van der Waals surface area contributed by atoms with Crippen LogP contribution in [0.4, 0.5) is 0 Å². The number of esters is 1. The first kappa shape index (κ1) is 19.1. The first-order valence-corrected chi connectivity index (χ1v) is 7.76. The molecule has 0 saturated heterocycles. The molecule has 1 aromatic heterocycles. The van der Waals surface area contributed by atoms with E-state index in [0.717, 1.165) is 17.0 Å². The summed E-state index contributed by atoms with van der Waals surface area (Å²) in [6.45, 7) is 8.81. The number of H-pyrrole nitrogens is 1. The number of nitrogens with zero attached hydrogens (tertiary/aromatic N) is 1. The van der Waals surface area contributed by atoms with E-state index in [4.69, 9.17) is 21.7 Å². The molecule has 0 saturated carbocycles. The third-order valence-corrected chi connectivity index (χ3v) is 3.43. The molecule has 23 heavy (non-hydrogen) atoms. The molecule has 0 amide bonds. The van der Waals surface area contributed by atoms with Crippen molar-refractivity contribution in [1.29, 1.82) is 0 Å². The third kappa shape index (κ3) is 5.33. The molecule has 7 nitrogen and oxygen atoms in total. The van der Waals surface area contributed by atoms with Crippen LogP contribution in [0.3, 0.4) is 0 Å². The molecule has 3 N–H and O–H groups in total. The number of hydrogen-bond donors (Lipinski definition) is 3. The van der Waals surface area contributed by atoms with E-state index in [0.29, 0.717) is 36.1 Å². The van der Waals surface area contributed by atoms with E-state index < -0.39 is 0 Å². The Morgan fingerprint density at radius 3 is 2.70 bits per heavy atom. The summed E-state index contributed by atoms with van der Waals surface area (Å²) in [5.74, 6) is -0.331. The third-order valence-electron chi connectivity index (χ3n) is 3.20. The summed E-state index contributed by atoms with van der Waals surface area (Å²) in [6, 6.07) is 0. The second-order valence-corrected chi connectivity index (χ2v) is 5.31. The first-order chi connectivity index (χ1) is 10.9. The quantitative estimate of drug-likeness (QED) is 0.230. The fourth-order valence-electron chi connectivity index (χ4n) is 2.12. The molecule has 1 aromatic rings. The minimum absolute atomic E-state index is 0.331. The number of aromatic amines is 1. The first-order valence-electron chi connectivity index (χ1n) is 7.36. The fourth-order valence-corrected chi connectivity index (χ4v) is 2.27. The van der Waals surface area contributed by atoms with Crippen LogP contribution in [-0.2, 0) is 9.47 Å². The highest BCUT2D eigenvalue weighted by Crippen LogP contribution is 2.19. The van der Waals surface area contributed by atoms with Crippen molar-refractivity contribution in [2.75, 3.05) is 26.9 Å². The van der Waals surface area contributed by atoms with E-state index in [9.17, 15) is 4.79 Å². The van der Waals surface area contributed by atoms with Crippen LogP contribution >= 0.6 is 12.2 Å². The van der Waals surface area contributed by atoms with Crippen molar-refractivity contribution in [2.45, 2.75) is 27.7 Å². The average molecular weight is 340 g/mol. The van der Waals surface area contributed by atoms with Gasteiger partial charge in [-0.15, -0.1) is 0 Å². The summed E-state index contributed by atoms with van der Waals surface area (Å²) in [5.41, 5.74) is 6.35. The number of hydrazone groups is 1. The Hall–Kier alpha value is -1.93. The van der Waals surface area contributed by atoms with Gasteiger partial charge in [-0.3, -0.25) is 5.43 Å². The van der Waals surface area contributed by atoms with Crippen molar-refractivity contribution < 1.29 is 14.3 Å². The molecule has 0 fully saturated rings. The van der Waals surface area contributed by atoms with Crippen molar-refractivity contribution in [2.24, 2.45) is 5.10 Å². The van der Waals surface area contributed by atoms with Gasteiger partial charge in [0, 0.05) is 19.3 Å². The molecule has 0 bridgehead atoms. The zero-order valence-corrected chi connectivity index (χ0v) is 15.0. The monoisotopic (exact) mass is 340 g/mol. The number of carbonyl (C=O) groups is 1. The topological polar surface area (TPSA) is 87.7 Å². The molecule has 0 radical (unpaired) electrons. The van der Waals surface area contributed by atoms with E-state index in [1.807, 2.05) is 20.8 Å². The van der Waals surface area contributed by atoms with Crippen LogP contribution in [0.2, 0.25) is 0 Å². The number of ether oxygens (including phenoxy) is 2. The van der Waals surface area contributed by atoms with Gasteiger partial charge in [-0.2, -0.15) is 5.10 Å². The van der Waals surface area contributed by atoms with Gasteiger partial charge >= 0.3 is 5.97 Å². The summed E-state index contributed by atoms with van der Waals surface area (Å²) in [6.07, 6.45) is 0. The Labute approximate surface area is 141 Å². The molecule has 0 unspecified atom stereocenters. The zero-order valence-electron chi connectivity index (χ0n) is 14.2. The van der Waals surface area contributed by atoms with Gasteiger partial charge in [0.25, 0.3) is 0 Å². The number of thiocarbonyl (C=S) groups is 1. The Balaban J connectivity index is 2.82. The van der Waals surface area contributed by atoms with Crippen LogP contribution in [0.25, 0.3) is 0 Å². The predicted molar refractivity (Wildman–Crippen MR) is 94.0 cm³/mol. The molecule has 0 aliphatic rings. The second kappa shape index (κ2) is 9.26. The molecule has 1 heterocycles. The van der Waals surface area contributed by atoms with Crippen molar-refractivity contribution in [3.63, 3.8) is 0 Å². The van der Waals surface area contributed by atoms with Crippen molar-refractivity contribution >= 4 is 29.0 Å². The summed E-state index contributed by atoms with van der Waals surface area (Å²) in [4.78, 5) is 15.2. The highest BCUT2D eigenvalue weighted by atomic mass is 32.1. The van der Waals surface area contributed by atoms with Crippen LogP contribution in [0.5, 0.6) is 0 Å². The van der Waals surface area contributed by atoms with E-state index in [2.05, 4.69) is 20.8 Å². The molecular formula is C15H24N4O3S. The Morgan fingerprint density at radius 2 is 2.09 bits per heavy atom. The number of hydrogen-bond acceptors (Lipinski definition) is 5. The standard InChI is InChI=1S/C15H24N4O3S/c1-6-22-14(20)12-9(2)13(17-10(12)3)11(4)18-19-15(23)16-7-8-21-5/h17H,6-8H2,1-5H3,(H2,16,19,23)/b18-11+. The SMILES string of the molecule is CCOC(=O)c1c(C)[nH]c(/C(C)=N/NC(=S)NCCOC)c1C. The van der Waals surface area contributed by atoms with E-state index in [1.54, 1.807) is 14.0 Å². The van der Waals surface area contributed by atoms with Crippen LogP contribution in [0.1, 0.15) is 41.2 Å². The van der Waals surface area contributed by atoms with E-state index in [1.165, 1.54) is 0 Å². The van der Waals surface area contributed by atoms with Gasteiger partial charge in [-0.1, -0.05) is 0 Å². The molecule has 0 aliphatic heterocycles. The normalized spacial score (nSPS) is 11.3. The van der Waals surface area contributed by atoms with Crippen LogP contribution in [-0.4, -0.2) is 48.6 Å². The number of rotatable bonds is 7. The number of aryl methyl sites for hydroxylation is 1. The lowest BCUT2D eigenvalue weighted by Gasteiger charge is -2.07. The van der Waals surface area contributed by atoms with Gasteiger partial charge in [-0.05, 0) is 45.5 Å². The largest absolute Gasteiger partial charge is 0.462 e. The maximum Gasteiger partial charge on any atom is 0.340 e. The van der Waals surface area contributed by atoms with Gasteiger partial charge in [0.05, 0.1) is 30.2 Å². The van der Waals surface area contributed by atoms with Crippen LogP contribution in [0.15, 0.2) is 5.10 Å². The fraction of sp³-hybridized carbons (Fsp3) is 0.533. The van der Waals surface area contributed by atoms with Gasteiger partial charge in [0.15, 0.2) is 5.11 Å². The zero-order chi connectivity index (χ0) is 17.4. The second-order valence-electron chi connectivity index (χ2n) is 4.90. The minimum Gasteiger partial charge on any atom is -0.462 e. The molecule has 0 atom stereocenters. The van der Waals surface area contributed by atoms with Gasteiger partial charge in [0.1, 0.15) is 0 Å². The minimum atomic E-state index is -0.331. The Morgan fingerprint density at radius 1 is 1.39 bits per heavy atom. The lowest BCUT2D eigenvalue weighted by Crippen LogP contribution is -2.34. The molecule has 1 rings (SSSR count). The molecular weight excluding hydrogens is 316 g/mol. The number of carbonyl (C=O) groups excluding carboxylic acids is 1. The maximum absolute atomic E-state index is 12.0. The number of methoxy groups -OCH3 is 1.